The van der Waals surface area contributed by atoms with Crippen LogP contribution >= 0.6 is 0 Å². The molecular weight excluding hydrogens is 280 g/mol. The first-order valence-electron chi connectivity index (χ1n) is 7.68. The van der Waals surface area contributed by atoms with Gasteiger partial charge < -0.3 is 14.8 Å². The molecule has 1 saturated carbocycles. The topological polar surface area (TPSA) is 50.8 Å². The van der Waals surface area contributed by atoms with Crippen molar-refractivity contribution in [3.05, 3.63) is 23.3 Å². The molecule has 22 heavy (non-hydrogen) atoms. The van der Waals surface area contributed by atoms with Crippen molar-refractivity contribution < 1.29 is 14.3 Å². The minimum atomic E-state index is -0.159. The van der Waals surface area contributed by atoms with Crippen LogP contribution in [-0.2, 0) is 11.3 Å². The van der Waals surface area contributed by atoms with E-state index in [1.165, 1.54) is 0 Å². The second kappa shape index (κ2) is 7.01. The van der Waals surface area contributed by atoms with Crippen molar-refractivity contribution >= 4 is 5.91 Å². The van der Waals surface area contributed by atoms with Gasteiger partial charge in [-0.25, -0.2) is 0 Å². The van der Waals surface area contributed by atoms with E-state index < -0.39 is 0 Å². The first-order valence-corrected chi connectivity index (χ1v) is 7.68. The van der Waals surface area contributed by atoms with Crippen molar-refractivity contribution in [1.29, 1.82) is 0 Å². The van der Waals surface area contributed by atoms with E-state index in [1.807, 2.05) is 37.9 Å². The lowest BCUT2D eigenvalue weighted by Gasteiger charge is -2.25. The van der Waals surface area contributed by atoms with E-state index in [2.05, 4.69) is 5.32 Å². The fourth-order valence-electron chi connectivity index (χ4n) is 2.35. The molecule has 1 aromatic carbocycles. The van der Waals surface area contributed by atoms with Gasteiger partial charge in [-0.3, -0.25) is 9.69 Å². The number of nitrogens with one attached hydrogen (secondary N) is 1. The Labute approximate surface area is 132 Å². The van der Waals surface area contributed by atoms with Crippen molar-refractivity contribution in [1.82, 2.24) is 10.2 Å². The van der Waals surface area contributed by atoms with Crippen LogP contribution in [0.4, 0.5) is 0 Å². The highest BCUT2D eigenvalue weighted by molar-refractivity contribution is 5.81. The molecule has 122 valence electrons. The van der Waals surface area contributed by atoms with Crippen molar-refractivity contribution in [2.75, 3.05) is 21.3 Å². The highest BCUT2D eigenvalue weighted by Crippen LogP contribution is 2.31. The fraction of sp³-hybridized carbons (Fsp3) is 0.588. The van der Waals surface area contributed by atoms with Crippen molar-refractivity contribution in [2.45, 2.75) is 45.3 Å². The van der Waals surface area contributed by atoms with Gasteiger partial charge in [0, 0.05) is 12.6 Å². The molecule has 1 atom stereocenters. The first kappa shape index (κ1) is 16.6. The van der Waals surface area contributed by atoms with Gasteiger partial charge in [-0.2, -0.15) is 0 Å². The number of ether oxygens (including phenoxy) is 2. The molecule has 1 aliphatic rings. The van der Waals surface area contributed by atoms with Crippen molar-refractivity contribution in [3.63, 3.8) is 0 Å². The van der Waals surface area contributed by atoms with E-state index in [9.17, 15) is 4.79 Å². The molecule has 0 aromatic heterocycles. The Kier molecular flexibility index (Phi) is 5.29. The zero-order valence-electron chi connectivity index (χ0n) is 14.1. The van der Waals surface area contributed by atoms with Crippen molar-refractivity contribution in [2.24, 2.45) is 0 Å². The summed E-state index contributed by atoms with van der Waals surface area (Å²) in [6.07, 6.45) is 2.22. The molecule has 1 aromatic rings. The molecule has 1 amide bonds. The number of amides is 1. The van der Waals surface area contributed by atoms with E-state index in [4.69, 9.17) is 9.47 Å². The maximum absolute atomic E-state index is 12.1. The molecule has 0 heterocycles. The average Bonchev–Trinajstić information content (AvgIpc) is 3.31. The van der Waals surface area contributed by atoms with Crippen LogP contribution in [0.5, 0.6) is 11.5 Å². The van der Waals surface area contributed by atoms with Gasteiger partial charge in [0.05, 0.1) is 20.3 Å². The summed E-state index contributed by atoms with van der Waals surface area (Å²) in [7, 11) is 5.23. The Morgan fingerprint density at radius 1 is 1.32 bits per heavy atom. The van der Waals surface area contributed by atoms with Crippen LogP contribution < -0.4 is 14.8 Å². The molecule has 0 unspecified atom stereocenters. The lowest BCUT2D eigenvalue weighted by Crippen LogP contribution is -2.43. The number of likely N-dealkylation sites (N-methyl/N-ethyl adjacent to an activating group) is 1. The van der Waals surface area contributed by atoms with Gasteiger partial charge >= 0.3 is 0 Å². The van der Waals surface area contributed by atoms with Crippen LogP contribution in [0.1, 0.15) is 30.9 Å². The van der Waals surface area contributed by atoms with E-state index in [-0.39, 0.29) is 11.9 Å². The molecule has 1 N–H and O–H groups in total. The molecule has 5 nitrogen and oxygen atoms in total. The van der Waals surface area contributed by atoms with Gasteiger partial charge in [-0.15, -0.1) is 0 Å². The van der Waals surface area contributed by atoms with Crippen LogP contribution in [0.25, 0.3) is 0 Å². The second-order valence-corrected chi connectivity index (χ2v) is 6.01. The molecule has 0 saturated heterocycles. The monoisotopic (exact) mass is 306 g/mol. The third kappa shape index (κ3) is 3.91. The molecule has 1 aliphatic carbocycles. The van der Waals surface area contributed by atoms with Crippen LogP contribution in [0.2, 0.25) is 0 Å². The SMILES string of the molecule is COc1cc(C)c(CN(C)[C@@H](C)C(=O)NC2CC2)cc1OC. The molecule has 0 spiro atoms. The van der Waals surface area contributed by atoms with Gasteiger partial charge in [0.2, 0.25) is 5.91 Å². The van der Waals surface area contributed by atoms with Crippen LogP contribution in [-0.4, -0.2) is 44.2 Å². The van der Waals surface area contributed by atoms with E-state index in [0.717, 1.165) is 29.7 Å². The minimum Gasteiger partial charge on any atom is -0.493 e. The number of carbonyl (C=O) groups excluding carboxylic acids is 1. The van der Waals surface area contributed by atoms with E-state index in [1.54, 1.807) is 14.2 Å². The normalized spacial score (nSPS) is 15.5. The number of rotatable bonds is 7. The average molecular weight is 306 g/mol. The van der Waals surface area contributed by atoms with E-state index >= 15 is 0 Å². The molecule has 5 heteroatoms. The summed E-state index contributed by atoms with van der Waals surface area (Å²) in [5, 5.41) is 3.05. The number of aryl methyl sites for hydroxylation is 1. The second-order valence-electron chi connectivity index (χ2n) is 6.01. The highest BCUT2D eigenvalue weighted by Gasteiger charge is 2.27. The number of carbonyl (C=O) groups is 1. The highest BCUT2D eigenvalue weighted by atomic mass is 16.5. The van der Waals surface area contributed by atoms with Crippen LogP contribution in [0, 0.1) is 6.92 Å². The third-order valence-electron chi connectivity index (χ3n) is 4.23. The van der Waals surface area contributed by atoms with Crippen LogP contribution in [0.15, 0.2) is 12.1 Å². The number of hydrogen-bond donors (Lipinski definition) is 1. The largest absolute Gasteiger partial charge is 0.493 e. The van der Waals surface area contributed by atoms with Gasteiger partial charge in [0.1, 0.15) is 0 Å². The maximum atomic E-state index is 12.1. The Balaban J connectivity index is 2.06. The summed E-state index contributed by atoms with van der Waals surface area (Å²) in [4.78, 5) is 14.2. The molecule has 1 fully saturated rings. The zero-order chi connectivity index (χ0) is 16.3. The number of benzene rings is 1. The van der Waals surface area contributed by atoms with Gasteiger partial charge in [-0.05, 0) is 57.0 Å². The standard InChI is InChI=1S/C17H26N2O3/c1-11-8-15(21-4)16(22-5)9-13(11)10-19(3)12(2)17(20)18-14-6-7-14/h8-9,12,14H,6-7,10H2,1-5H3,(H,18,20)/t12-/m0/s1. The fourth-order valence-corrected chi connectivity index (χ4v) is 2.35. The third-order valence-corrected chi connectivity index (χ3v) is 4.23. The van der Waals surface area contributed by atoms with Gasteiger partial charge in [-0.1, -0.05) is 0 Å². The Morgan fingerprint density at radius 3 is 2.45 bits per heavy atom. The Morgan fingerprint density at radius 2 is 1.91 bits per heavy atom. The number of nitrogens with zero attached hydrogens (tertiary/aromatic N) is 1. The van der Waals surface area contributed by atoms with E-state index in [0.29, 0.717) is 18.3 Å². The predicted molar refractivity (Wildman–Crippen MR) is 86.4 cm³/mol. The minimum absolute atomic E-state index is 0.100. The summed E-state index contributed by atoms with van der Waals surface area (Å²) in [6, 6.07) is 4.19. The molecule has 0 bridgehead atoms. The smallest absolute Gasteiger partial charge is 0.237 e. The van der Waals surface area contributed by atoms with Gasteiger partial charge in [0.15, 0.2) is 11.5 Å². The quantitative estimate of drug-likeness (QED) is 0.838. The van der Waals surface area contributed by atoms with Crippen molar-refractivity contribution in [3.8, 4) is 11.5 Å². The van der Waals surface area contributed by atoms with Crippen LogP contribution in [0.3, 0.4) is 0 Å². The summed E-state index contributed by atoms with van der Waals surface area (Å²) in [5.41, 5.74) is 2.26. The molecular formula is C17H26N2O3. The summed E-state index contributed by atoms with van der Waals surface area (Å²) in [6.45, 7) is 4.67. The Hall–Kier alpha value is -1.75. The summed E-state index contributed by atoms with van der Waals surface area (Å²) >= 11 is 0. The molecule has 0 aliphatic heterocycles. The first-order chi connectivity index (χ1) is 10.5. The lowest BCUT2D eigenvalue weighted by atomic mass is 10.1. The molecule has 0 radical (unpaired) electrons. The molecule has 2 rings (SSSR count). The summed E-state index contributed by atoms with van der Waals surface area (Å²) in [5.74, 6) is 1.54. The number of hydrogen-bond acceptors (Lipinski definition) is 4. The predicted octanol–water partition coefficient (Wildman–Crippen LogP) is 2.11. The summed E-state index contributed by atoms with van der Waals surface area (Å²) < 4.78 is 10.7. The number of methoxy groups -OCH3 is 2. The van der Waals surface area contributed by atoms with Gasteiger partial charge in [0.25, 0.3) is 0 Å². The lowest BCUT2D eigenvalue weighted by molar-refractivity contribution is -0.125. The Bertz CT molecular complexity index is 541. The maximum Gasteiger partial charge on any atom is 0.237 e. The zero-order valence-corrected chi connectivity index (χ0v) is 14.1.